The second kappa shape index (κ2) is 6.27. The number of nitrogens with zero attached hydrogens (tertiary/aromatic N) is 3. The monoisotopic (exact) mass is 278 g/mol. The minimum Gasteiger partial charge on any atom is -0.309 e. The summed E-state index contributed by atoms with van der Waals surface area (Å²) >= 11 is 0. The molecule has 0 bridgehead atoms. The smallest absolute Gasteiger partial charge is 0.0522 e. The highest BCUT2D eigenvalue weighted by Gasteiger charge is 2.32. The number of aromatic nitrogens is 2. The van der Waals surface area contributed by atoms with E-state index in [1.165, 1.54) is 12.0 Å². The lowest BCUT2D eigenvalue weighted by Gasteiger charge is -2.45. The van der Waals surface area contributed by atoms with Crippen LogP contribution in [0.3, 0.4) is 0 Å². The molecule has 0 saturated carbocycles. The second-order valence-corrected chi connectivity index (χ2v) is 7.29. The van der Waals surface area contributed by atoms with Gasteiger partial charge in [0.1, 0.15) is 0 Å². The Kier molecular flexibility index (Phi) is 4.86. The summed E-state index contributed by atoms with van der Waals surface area (Å²) in [7, 11) is 1.99. The van der Waals surface area contributed by atoms with Gasteiger partial charge in [-0.25, -0.2) is 0 Å². The average Bonchev–Trinajstić information content (AvgIpc) is 2.75. The molecule has 1 N–H and O–H groups in total. The predicted octanol–water partition coefficient (Wildman–Crippen LogP) is 2.06. The van der Waals surface area contributed by atoms with Crippen molar-refractivity contribution in [2.24, 2.45) is 13.0 Å². The summed E-state index contributed by atoms with van der Waals surface area (Å²) in [5.41, 5.74) is 1.56. The fourth-order valence-corrected chi connectivity index (χ4v) is 3.13. The molecule has 1 aliphatic heterocycles. The summed E-state index contributed by atoms with van der Waals surface area (Å²) in [4.78, 5) is 2.67. The van der Waals surface area contributed by atoms with E-state index in [-0.39, 0.29) is 5.54 Å². The highest BCUT2D eigenvalue weighted by molar-refractivity contribution is 5.05. The molecule has 0 radical (unpaired) electrons. The van der Waals surface area contributed by atoms with Gasteiger partial charge >= 0.3 is 0 Å². The standard InChI is InChI=1S/C16H30N4/c1-13(2)8-15-10-17-16(3,4)12-20(15)7-6-14-9-18-19(5)11-14/h9,11,13,15,17H,6-8,10,12H2,1-5H3. The molecule has 0 amide bonds. The first-order valence-electron chi connectivity index (χ1n) is 7.82. The summed E-state index contributed by atoms with van der Waals surface area (Å²) in [6.07, 6.45) is 6.49. The molecule has 1 unspecified atom stereocenters. The van der Waals surface area contributed by atoms with Crippen LogP contribution in [0.4, 0.5) is 0 Å². The van der Waals surface area contributed by atoms with Gasteiger partial charge in [0.25, 0.3) is 0 Å². The minimum atomic E-state index is 0.225. The molecular formula is C16H30N4. The van der Waals surface area contributed by atoms with Gasteiger partial charge in [-0.05, 0) is 38.2 Å². The Labute approximate surface area is 123 Å². The average molecular weight is 278 g/mol. The molecule has 0 aliphatic carbocycles. The van der Waals surface area contributed by atoms with Crippen LogP contribution in [0.1, 0.15) is 39.7 Å². The van der Waals surface area contributed by atoms with Crippen LogP contribution in [0, 0.1) is 5.92 Å². The molecule has 20 heavy (non-hydrogen) atoms. The van der Waals surface area contributed by atoms with Crippen LogP contribution < -0.4 is 5.32 Å². The van der Waals surface area contributed by atoms with Crippen molar-refractivity contribution in [3.8, 4) is 0 Å². The van der Waals surface area contributed by atoms with E-state index in [4.69, 9.17) is 0 Å². The molecule has 1 fully saturated rings. The summed E-state index contributed by atoms with van der Waals surface area (Å²) in [6, 6.07) is 0.666. The van der Waals surface area contributed by atoms with Gasteiger partial charge < -0.3 is 5.32 Å². The molecule has 4 heteroatoms. The van der Waals surface area contributed by atoms with Crippen molar-refractivity contribution >= 4 is 0 Å². The maximum Gasteiger partial charge on any atom is 0.0522 e. The van der Waals surface area contributed by atoms with Crippen molar-refractivity contribution in [2.45, 2.75) is 52.1 Å². The van der Waals surface area contributed by atoms with Crippen LogP contribution in [-0.4, -0.2) is 45.9 Å². The van der Waals surface area contributed by atoms with Gasteiger partial charge in [0, 0.05) is 44.5 Å². The van der Waals surface area contributed by atoms with Crippen LogP contribution in [0.25, 0.3) is 0 Å². The van der Waals surface area contributed by atoms with E-state index in [1.807, 2.05) is 17.9 Å². The van der Waals surface area contributed by atoms with Gasteiger partial charge in [0.05, 0.1) is 6.20 Å². The number of piperazine rings is 1. The molecule has 1 aliphatic rings. The lowest BCUT2D eigenvalue weighted by Crippen LogP contribution is -2.62. The number of hydrogen-bond acceptors (Lipinski definition) is 3. The van der Waals surface area contributed by atoms with Gasteiger partial charge in [-0.3, -0.25) is 9.58 Å². The SMILES string of the molecule is CC(C)CC1CNC(C)(C)CN1CCc1cnn(C)c1. The maximum absolute atomic E-state index is 4.26. The van der Waals surface area contributed by atoms with E-state index in [1.54, 1.807) is 0 Å². The Morgan fingerprint density at radius 2 is 2.20 bits per heavy atom. The molecule has 2 rings (SSSR count). The third-order valence-corrected chi connectivity index (χ3v) is 4.12. The van der Waals surface area contributed by atoms with E-state index in [0.717, 1.165) is 32.0 Å². The van der Waals surface area contributed by atoms with Crippen molar-refractivity contribution in [3.63, 3.8) is 0 Å². The van der Waals surface area contributed by atoms with E-state index < -0.39 is 0 Å². The van der Waals surface area contributed by atoms with Crippen LogP contribution in [0.2, 0.25) is 0 Å². The zero-order chi connectivity index (χ0) is 14.8. The summed E-state index contributed by atoms with van der Waals surface area (Å²) in [5, 5.41) is 7.95. The lowest BCUT2D eigenvalue weighted by atomic mass is 9.93. The number of nitrogens with one attached hydrogen (secondary N) is 1. The minimum absolute atomic E-state index is 0.225. The maximum atomic E-state index is 4.26. The van der Waals surface area contributed by atoms with Crippen molar-refractivity contribution in [2.75, 3.05) is 19.6 Å². The molecular weight excluding hydrogens is 248 g/mol. The largest absolute Gasteiger partial charge is 0.309 e. The highest BCUT2D eigenvalue weighted by Crippen LogP contribution is 2.20. The van der Waals surface area contributed by atoms with Crippen LogP contribution in [0.15, 0.2) is 12.4 Å². The molecule has 0 spiro atoms. The molecule has 0 aromatic carbocycles. The van der Waals surface area contributed by atoms with Crippen molar-refractivity contribution in [1.82, 2.24) is 20.0 Å². The zero-order valence-electron chi connectivity index (χ0n) is 13.7. The van der Waals surface area contributed by atoms with Gasteiger partial charge in [-0.2, -0.15) is 5.10 Å². The lowest BCUT2D eigenvalue weighted by molar-refractivity contribution is 0.0838. The molecule has 1 aromatic rings. The number of aryl methyl sites for hydroxylation is 1. The first-order valence-corrected chi connectivity index (χ1v) is 7.82. The van der Waals surface area contributed by atoms with E-state index in [2.05, 4.69) is 49.2 Å². The topological polar surface area (TPSA) is 33.1 Å². The number of hydrogen-bond donors (Lipinski definition) is 1. The van der Waals surface area contributed by atoms with Crippen molar-refractivity contribution < 1.29 is 0 Å². The van der Waals surface area contributed by atoms with Crippen LogP contribution in [0.5, 0.6) is 0 Å². The quantitative estimate of drug-likeness (QED) is 0.895. The van der Waals surface area contributed by atoms with E-state index in [9.17, 15) is 0 Å². The molecule has 1 atom stereocenters. The van der Waals surface area contributed by atoms with Crippen LogP contribution in [-0.2, 0) is 13.5 Å². The van der Waals surface area contributed by atoms with E-state index >= 15 is 0 Å². The Balaban J connectivity index is 1.95. The van der Waals surface area contributed by atoms with Gasteiger partial charge in [-0.15, -0.1) is 0 Å². The Bertz CT molecular complexity index is 422. The summed E-state index contributed by atoms with van der Waals surface area (Å²) < 4.78 is 1.89. The molecule has 2 heterocycles. The zero-order valence-corrected chi connectivity index (χ0v) is 13.7. The highest BCUT2D eigenvalue weighted by atomic mass is 15.3. The normalized spacial score (nSPS) is 23.4. The Morgan fingerprint density at radius 1 is 1.45 bits per heavy atom. The molecule has 4 nitrogen and oxygen atoms in total. The Morgan fingerprint density at radius 3 is 2.80 bits per heavy atom. The first kappa shape index (κ1) is 15.5. The van der Waals surface area contributed by atoms with Gasteiger partial charge in [-0.1, -0.05) is 13.8 Å². The summed E-state index contributed by atoms with van der Waals surface area (Å²) in [6.45, 7) is 12.6. The molecule has 1 aromatic heterocycles. The molecule has 1 saturated heterocycles. The van der Waals surface area contributed by atoms with E-state index in [0.29, 0.717) is 6.04 Å². The van der Waals surface area contributed by atoms with Gasteiger partial charge in [0.2, 0.25) is 0 Å². The third kappa shape index (κ3) is 4.32. The number of rotatable bonds is 5. The summed E-state index contributed by atoms with van der Waals surface area (Å²) in [5.74, 6) is 0.754. The third-order valence-electron chi connectivity index (χ3n) is 4.12. The van der Waals surface area contributed by atoms with Gasteiger partial charge in [0.15, 0.2) is 0 Å². The molecule has 114 valence electrons. The van der Waals surface area contributed by atoms with Crippen LogP contribution >= 0.6 is 0 Å². The fraction of sp³-hybridized carbons (Fsp3) is 0.812. The van der Waals surface area contributed by atoms with Crippen molar-refractivity contribution in [3.05, 3.63) is 18.0 Å². The van der Waals surface area contributed by atoms with Crippen molar-refractivity contribution in [1.29, 1.82) is 0 Å². The predicted molar refractivity (Wildman–Crippen MR) is 83.8 cm³/mol. The Hall–Kier alpha value is -0.870. The first-order chi connectivity index (χ1) is 9.35. The second-order valence-electron chi connectivity index (χ2n) is 7.29. The fourth-order valence-electron chi connectivity index (χ4n) is 3.13.